The van der Waals surface area contributed by atoms with Crippen molar-refractivity contribution in [1.82, 2.24) is 20.0 Å². The van der Waals surface area contributed by atoms with Crippen molar-refractivity contribution in [3.63, 3.8) is 0 Å². The van der Waals surface area contributed by atoms with Gasteiger partial charge in [-0.3, -0.25) is 9.58 Å². The van der Waals surface area contributed by atoms with Gasteiger partial charge >= 0.3 is 0 Å². The average Bonchev–Trinajstić information content (AvgIpc) is 2.98. The number of hydrogen-bond donors (Lipinski definition) is 1. The first-order valence-electron chi connectivity index (χ1n) is 9.90. The Morgan fingerprint density at radius 1 is 1.28 bits per heavy atom. The summed E-state index contributed by atoms with van der Waals surface area (Å²) in [5, 5.41) is 9.20. The van der Waals surface area contributed by atoms with Crippen molar-refractivity contribution < 1.29 is 0 Å². The van der Waals surface area contributed by atoms with E-state index in [1.807, 2.05) is 17.9 Å². The van der Waals surface area contributed by atoms with Crippen molar-refractivity contribution in [2.24, 2.45) is 13.0 Å². The van der Waals surface area contributed by atoms with Gasteiger partial charge in [-0.15, -0.1) is 0 Å². The highest BCUT2D eigenvalue weighted by Gasteiger charge is 2.36. The van der Waals surface area contributed by atoms with Crippen LogP contribution >= 0.6 is 0 Å². The zero-order chi connectivity index (χ0) is 17.4. The highest BCUT2D eigenvalue weighted by Crippen LogP contribution is 2.38. The molecule has 0 bridgehead atoms. The number of rotatable bonds is 3. The highest BCUT2D eigenvalue weighted by molar-refractivity contribution is 5.79. The van der Waals surface area contributed by atoms with E-state index in [1.165, 1.54) is 68.3 Å². The maximum Gasteiger partial charge on any atom is 0.0681 e. The van der Waals surface area contributed by atoms with Crippen LogP contribution < -0.4 is 5.32 Å². The summed E-state index contributed by atoms with van der Waals surface area (Å²) in [4.78, 5) is 2.75. The van der Waals surface area contributed by atoms with Crippen LogP contribution in [0.15, 0.2) is 24.4 Å². The molecule has 2 aliphatic heterocycles. The van der Waals surface area contributed by atoms with Crippen LogP contribution in [-0.2, 0) is 7.05 Å². The van der Waals surface area contributed by atoms with Gasteiger partial charge in [-0.2, -0.15) is 5.10 Å². The Morgan fingerprint density at radius 3 is 2.92 bits per heavy atom. The predicted molar refractivity (Wildman–Crippen MR) is 104 cm³/mol. The van der Waals surface area contributed by atoms with E-state index in [0.29, 0.717) is 5.92 Å². The molecule has 136 valence electrons. The number of hydrogen-bond acceptors (Lipinski definition) is 3. The van der Waals surface area contributed by atoms with E-state index in [0.717, 1.165) is 5.92 Å². The normalized spacial score (nSPS) is 27.6. The number of piperidine rings is 2. The summed E-state index contributed by atoms with van der Waals surface area (Å²) in [6.45, 7) is 9.77. The second-order valence-corrected chi connectivity index (χ2v) is 8.75. The van der Waals surface area contributed by atoms with E-state index >= 15 is 0 Å². The Balaban J connectivity index is 1.47. The fourth-order valence-electron chi connectivity index (χ4n) is 4.88. The third-order valence-corrected chi connectivity index (χ3v) is 6.47. The number of nitrogens with zero attached hydrogens (tertiary/aromatic N) is 3. The third kappa shape index (κ3) is 3.47. The summed E-state index contributed by atoms with van der Waals surface area (Å²) in [7, 11) is 2.04. The third-order valence-electron chi connectivity index (χ3n) is 6.47. The molecule has 1 N–H and O–H groups in total. The van der Waals surface area contributed by atoms with Gasteiger partial charge < -0.3 is 5.32 Å². The molecule has 0 amide bonds. The van der Waals surface area contributed by atoms with E-state index in [4.69, 9.17) is 0 Å². The topological polar surface area (TPSA) is 33.1 Å². The number of benzene rings is 1. The quantitative estimate of drug-likeness (QED) is 0.928. The minimum atomic E-state index is 0.280. The molecule has 1 aromatic carbocycles. The smallest absolute Gasteiger partial charge is 0.0681 e. The van der Waals surface area contributed by atoms with Gasteiger partial charge in [0.2, 0.25) is 0 Å². The molecule has 4 rings (SSSR count). The van der Waals surface area contributed by atoms with Crippen molar-refractivity contribution in [1.29, 1.82) is 0 Å². The monoisotopic (exact) mass is 340 g/mol. The summed E-state index contributed by atoms with van der Waals surface area (Å²) in [6, 6.07) is 6.93. The SMILES string of the molecule is Cn1ncc2ccc(C3CCN(CC4CCCNC4)C(C)(C)C3)cc21. The van der Waals surface area contributed by atoms with E-state index < -0.39 is 0 Å². The lowest BCUT2D eigenvalue weighted by Crippen LogP contribution is -2.52. The van der Waals surface area contributed by atoms with Crippen LogP contribution in [-0.4, -0.2) is 46.4 Å². The Kier molecular flexibility index (Phi) is 4.59. The van der Waals surface area contributed by atoms with Crippen molar-refractivity contribution in [3.05, 3.63) is 30.0 Å². The molecule has 0 aliphatic carbocycles. The van der Waals surface area contributed by atoms with Crippen LogP contribution in [0.5, 0.6) is 0 Å². The van der Waals surface area contributed by atoms with Gasteiger partial charge in [0.25, 0.3) is 0 Å². The fourth-order valence-corrected chi connectivity index (χ4v) is 4.88. The maximum absolute atomic E-state index is 4.39. The Hall–Kier alpha value is -1.39. The second kappa shape index (κ2) is 6.73. The molecule has 0 spiro atoms. The number of likely N-dealkylation sites (tertiary alicyclic amines) is 1. The summed E-state index contributed by atoms with van der Waals surface area (Å²) in [5.41, 5.74) is 3.02. The largest absolute Gasteiger partial charge is 0.316 e. The molecule has 2 fully saturated rings. The molecule has 4 nitrogen and oxygen atoms in total. The molecular formula is C21H32N4. The van der Waals surface area contributed by atoms with Crippen molar-refractivity contribution in [2.45, 2.75) is 51.0 Å². The van der Waals surface area contributed by atoms with Gasteiger partial charge in [-0.25, -0.2) is 0 Å². The van der Waals surface area contributed by atoms with Gasteiger partial charge in [-0.1, -0.05) is 12.1 Å². The Morgan fingerprint density at radius 2 is 2.16 bits per heavy atom. The van der Waals surface area contributed by atoms with Crippen LogP contribution in [0.2, 0.25) is 0 Å². The Labute approximate surface area is 151 Å². The van der Waals surface area contributed by atoms with Crippen LogP contribution in [0, 0.1) is 5.92 Å². The lowest BCUT2D eigenvalue weighted by Gasteiger charge is -2.47. The zero-order valence-corrected chi connectivity index (χ0v) is 16.0. The average molecular weight is 341 g/mol. The molecular weight excluding hydrogens is 308 g/mol. The first-order valence-corrected chi connectivity index (χ1v) is 9.90. The maximum atomic E-state index is 4.39. The number of fused-ring (bicyclic) bond motifs is 1. The minimum Gasteiger partial charge on any atom is -0.316 e. The van der Waals surface area contributed by atoms with Gasteiger partial charge in [-0.05, 0) is 82.6 Å². The molecule has 1 aromatic heterocycles. The van der Waals surface area contributed by atoms with Crippen LogP contribution in [0.3, 0.4) is 0 Å². The van der Waals surface area contributed by atoms with E-state index in [-0.39, 0.29) is 5.54 Å². The fraction of sp³-hybridized carbons (Fsp3) is 0.667. The molecule has 2 aliphatic rings. The van der Waals surface area contributed by atoms with Gasteiger partial charge in [0.05, 0.1) is 11.7 Å². The van der Waals surface area contributed by atoms with Crippen molar-refractivity contribution >= 4 is 10.9 Å². The summed E-state index contributed by atoms with van der Waals surface area (Å²) in [5.74, 6) is 1.49. The molecule has 2 unspecified atom stereocenters. The number of nitrogens with one attached hydrogen (secondary N) is 1. The number of aryl methyl sites for hydroxylation is 1. The van der Waals surface area contributed by atoms with Gasteiger partial charge in [0, 0.05) is 24.5 Å². The first-order chi connectivity index (χ1) is 12.0. The molecule has 4 heteroatoms. The van der Waals surface area contributed by atoms with E-state index in [9.17, 15) is 0 Å². The molecule has 2 saturated heterocycles. The summed E-state index contributed by atoms with van der Waals surface area (Å²) < 4.78 is 2.00. The molecule has 25 heavy (non-hydrogen) atoms. The van der Waals surface area contributed by atoms with Crippen LogP contribution in [0.1, 0.15) is 51.0 Å². The molecule has 3 heterocycles. The van der Waals surface area contributed by atoms with Gasteiger partial charge in [0.15, 0.2) is 0 Å². The molecule has 0 saturated carbocycles. The molecule has 2 aromatic rings. The number of aromatic nitrogens is 2. The van der Waals surface area contributed by atoms with Gasteiger partial charge in [0.1, 0.15) is 0 Å². The van der Waals surface area contributed by atoms with Crippen LogP contribution in [0.25, 0.3) is 10.9 Å². The minimum absolute atomic E-state index is 0.280. The molecule has 0 radical (unpaired) electrons. The summed E-state index contributed by atoms with van der Waals surface area (Å²) in [6.07, 6.45) is 7.21. The predicted octanol–water partition coefficient (Wildman–Crippen LogP) is 3.53. The highest BCUT2D eigenvalue weighted by atomic mass is 15.2. The lowest BCUT2D eigenvalue weighted by molar-refractivity contribution is 0.0459. The lowest BCUT2D eigenvalue weighted by atomic mass is 9.78. The molecule has 2 atom stereocenters. The second-order valence-electron chi connectivity index (χ2n) is 8.75. The van der Waals surface area contributed by atoms with E-state index in [1.54, 1.807) is 0 Å². The first kappa shape index (κ1) is 17.0. The van der Waals surface area contributed by atoms with Crippen molar-refractivity contribution in [2.75, 3.05) is 26.2 Å². The van der Waals surface area contributed by atoms with E-state index in [2.05, 4.69) is 47.4 Å². The summed E-state index contributed by atoms with van der Waals surface area (Å²) >= 11 is 0. The zero-order valence-electron chi connectivity index (χ0n) is 16.0. The van der Waals surface area contributed by atoms with Crippen molar-refractivity contribution in [3.8, 4) is 0 Å². The standard InChI is InChI=1S/C21H32N4/c1-21(2)12-18(8-10-25(21)15-16-5-4-9-22-13-16)17-6-7-19-14-23-24(3)20(19)11-17/h6-7,11,14,16,18,22H,4-5,8-10,12-13,15H2,1-3H3. The Bertz CT molecular complexity index is 727. The van der Waals surface area contributed by atoms with Crippen LogP contribution in [0.4, 0.5) is 0 Å².